The summed E-state index contributed by atoms with van der Waals surface area (Å²) in [5.41, 5.74) is 0. The molecule has 0 saturated carbocycles. The first-order chi connectivity index (χ1) is 48.6. The van der Waals surface area contributed by atoms with Gasteiger partial charge in [-0.3, -0.25) is 37.3 Å². The van der Waals surface area contributed by atoms with Crippen molar-refractivity contribution in [2.75, 3.05) is 39.6 Å². The molecule has 0 aliphatic carbocycles. The summed E-state index contributed by atoms with van der Waals surface area (Å²) in [5.74, 6) is 0.976. The zero-order valence-corrected chi connectivity index (χ0v) is 68.3. The quantitative estimate of drug-likeness (QED) is 0.0222. The molecule has 0 heterocycles. The van der Waals surface area contributed by atoms with Crippen LogP contribution in [0.15, 0.2) is 0 Å². The van der Waals surface area contributed by atoms with E-state index in [1.165, 1.54) is 218 Å². The van der Waals surface area contributed by atoms with Crippen LogP contribution in [-0.4, -0.2) is 96.7 Å². The second-order valence-corrected chi connectivity index (χ2v) is 34.3. The lowest BCUT2D eigenvalue weighted by Crippen LogP contribution is -2.30. The number of ether oxygens (including phenoxy) is 4. The van der Waals surface area contributed by atoms with Crippen molar-refractivity contribution in [3.63, 3.8) is 0 Å². The Balaban J connectivity index is 5.23. The normalized spacial score (nSPS) is 14.0. The van der Waals surface area contributed by atoms with Crippen molar-refractivity contribution in [1.82, 2.24) is 0 Å². The van der Waals surface area contributed by atoms with Gasteiger partial charge in [0.15, 0.2) is 12.2 Å². The lowest BCUT2D eigenvalue weighted by molar-refractivity contribution is -0.161. The maximum absolute atomic E-state index is 13.1. The summed E-state index contributed by atoms with van der Waals surface area (Å²) in [4.78, 5) is 73.1. The largest absolute Gasteiger partial charge is 0.472 e. The van der Waals surface area contributed by atoms with Gasteiger partial charge >= 0.3 is 39.5 Å². The van der Waals surface area contributed by atoms with E-state index < -0.39 is 97.5 Å². The number of hydrogen-bond donors (Lipinski definition) is 3. The number of unbranched alkanes of at least 4 members (excludes halogenated alkanes) is 45. The average molecular weight is 1480 g/mol. The van der Waals surface area contributed by atoms with Gasteiger partial charge in [0.1, 0.15) is 19.3 Å². The van der Waals surface area contributed by atoms with Gasteiger partial charge < -0.3 is 33.8 Å². The summed E-state index contributed by atoms with van der Waals surface area (Å²) < 4.78 is 68.7. The van der Waals surface area contributed by atoms with Crippen LogP contribution in [0, 0.1) is 23.7 Å². The van der Waals surface area contributed by atoms with E-state index >= 15 is 0 Å². The monoisotopic (exact) mass is 1480 g/mol. The molecule has 0 saturated heterocycles. The Hall–Kier alpha value is -1.94. The van der Waals surface area contributed by atoms with Crippen LogP contribution >= 0.6 is 15.6 Å². The molecule has 101 heavy (non-hydrogen) atoms. The van der Waals surface area contributed by atoms with Crippen LogP contribution in [0.3, 0.4) is 0 Å². The number of aliphatic hydroxyl groups is 1. The molecule has 0 aromatic rings. The number of aliphatic hydroxyl groups excluding tert-OH is 1. The molecular formula is C82H160O17P2. The Bertz CT molecular complexity index is 1970. The standard InChI is InChI=1S/C82H160O17P2/c1-72(2)58-50-42-34-27-21-15-11-9-10-12-17-24-30-38-46-54-62-79(84)92-68-77(98-82(87)65-57-49-40-32-26-20-19-23-29-36-44-52-60-74(5)6)70-96-100(88,89)94-66-76(83)67-95-101(90,91)97-71-78(69-93-80(85)63-55-47-41-33-37-45-53-61-75(7)8)99-81(86)64-56-48-39-31-25-18-14-13-16-22-28-35-43-51-59-73(3)4/h72-78,83H,9-71H2,1-8H3,(H,88,89)(H,90,91)/t76?,77-,78-/m1/s1. The highest BCUT2D eigenvalue weighted by atomic mass is 31.2. The van der Waals surface area contributed by atoms with Gasteiger partial charge in [0.2, 0.25) is 0 Å². The van der Waals surface area contributed by atoms with Crippen LogP contribution < -0.4 is 0 Å². The third-order valence-corrected chi connectivity index (χ3v) is 21.0. The number of carbonyl (C=O) groups is 4. The fraction of sp³-hybridized carbons (Fsp3) is 0.951. The highest BCUT2D eigenvalue weighted by Gasteiger charge is 2.30. The van der Waals surface area contributed by atoms with Gasteiger partial charge in [-0.2, -0.15) is 0 Å². The van der Waals surface area contributed by atoms with Gasteiger partial charge in [-0.05, 0) is 49.4 Å². The molecule has 3 unspecified atom stereocenters. The van der Waals surface area contributed by atoms with Gasteiger partial charge in [0.25, 0.3) is 0 Å². The molecule has 600 valence electrons. The summed E-state index contributed by atoms with van der Waals surface area (Å²) in [6, 6.07) is 0. The summed E-state index contributed by atoms with van der Waals surface area (Å²) >= 11 is 0. The molecule has 0 spiro atoms. The van der Waals surface area contributed by atoms with Gasteiger partial charge in [-0.25, -0.2) is 9.13 Å². The highest BCUT2D eigenvalue weighted by Crippen LogP contribution is 2.45. The fourth-order valence-corrected chi connectivity index (χ4v) is 14.2. The van der Waals surface area contributed by atoms with Gasteiger partial charge in [0.05, 0.1) is 26.4 Å². The molecule has 19 heteroatoms. The number of carbonyl (C=O) groups excluding carboxylic acids is 4. The van der Waals surface area contributed by atoms with Gasteiger partial charge in [-0.15, -0.1) is 0 Å². The van der Waals surface area contributed by atoms with E-state index in [-0.39, 0.29) is 25.7 Å². The molecule has 0 rings (SSSR count). The van der Waals surface area contributed by atoms with E-state index in [1.807, 2.05) is 0 Å². The smallest absolute Gasteiger partial charge is 0.462 e. The van der Waals surface area contributed by atoms with Crippen molar-refractivity contribution in [2.24, 2.45) is 23.7 Å². The number of phosphoric acid groups is 2. The molecule has 3 N–H and O–H groups in total. The van der Waals surface area contributed by atoms with Crippen molar-refractivity contribution < 1.29 is 80.2 Å². The Morgan fingerprint density at radius 3 is 0.614 bits per heavy atom. The first-order valence-corrected chi connectivity index (χ1v) is 45.2. The molecule has 0 fully saturated rings. The molecule has 0 radical (unpaired) electrons. The number of rotatable bonds is 79. The molecule has 17 nitrogen and oxygen atoms in total. The van der Waals surface area contributed by atoms with Crippen LogP contribution in [0.1, 0.15) is 421 Å². The number of hydrogen-bond acceptors (Lipinski definition) is 15. The van der Waals surface area contributed by atoms with E-state index in [0.717, 1.165) is 114 Å². The minimum Gasteiger partial charge on any atom is -0.462 e. The van der Waals surface area contributed by atoms with E-state index in [1.54, 1.807) is 0 Å². The lowest BCUT2D eigenvalue weighted by Gasteiger charge is -2.21. The molecule has 0 aromatic carbocycles. The van der Waals surface area contributed by atoms with Crippen molar-refractivity contribution in [1.29, 1.82) is 0 Å². The zero-order chi connectivity index (χ0) is 74.6. The van der Waals surface area contributed by atoms with E-state index in [4.69, 9.17) is 37.0 Å². The van der Waals surface area contributed by atoms with Crippen LogP contribution in [0.2, 0.25) is 0 Å². The van der Waals surface area contributed by atoms with Crippen molar-refractivity contribution in [3.05, 3.63) is 0 Å². The lowest BCUT2D eigenvalue weighted by atomic mass is 10.0. The van der Waals surface area contributed by atoms with Crippen molar-refractivity contribution in [2.45, 2.75) is 440 Å². The summed E-state index contributed by atoms with van der Waals surface area (Å²) in [7, 11) is -9.92. The Morgan fingerprint density at radius 1 is 0.248 bits per heavy atom. The van der Waals surface area contributed by atoms with Crippen molar-refractivity contribution >= 4 is 39.5 Å². The predicted octanol–water partition coefficient (Wildman–Crippen LogP) is 24.4. The fourth-order valence-electron chi connectivity index (χ4n) is 12.6. The van der Waals surface area contributed by atoms with E-state index in [2.05, 4.69) is 55.4 Å². The number of esters is 4. The third kappa shape index (κ3) is 76.1. The second kappa shape index (κ2) is 71.0. The maximum Gasteiger partial charge on any atom is 0.472 e. The minimum absolute atomic E-state index is 0.106. The first-order valence-electron chi connectivity index (χ1n) is 42.2. The summed E-state index contributed by atoms with van der Waals surface area (Å²) in [5, 5.41) is 10.6. The van der Waals surface area contributed by atoms with E-state index in [9.17, 15) is 43.2 Å². The first kappa shape index (κ1) is 99.1. The van der Waals surface area contributed by atoms with E-state index in [0.29, 0.717) is 31.6 Å². The summed E-state index contributed by atoms with van der Waals surface area (Å²) in [6.45, 7) is 14.3. The summed E-state index contributed by atoms with van der Waals surface area (Å²) in [6.07, 6.45) is 58.3. The maximum atomic E-state index is 13.1. The Labute approximate surface area is 619 Å². The molecule has 5 atom stereocenters. The number of phosphoric ester groups is 2. The van der Waals surface area contributed by atoms with Crippen LogP contribution in [0.25, 0.3) is 0 Å². The Morgan fingerprint density at radius 2 is 0.416 bits per heavy atom. The van der Waals surface area contributed by atoms with Gasteiger partial charge in [-0.1, -0.05) is 370 Å². The van der Waals surface area contributed by atoms with Crippen molar-refractivity contribution in [3.8, 4) is 0 Å². The SMILES string of the molecule is CC(C)CCCCCCCCCCCCCCCCCCC(=O)OC[C@H](COP(=O)(O)OCC(O)COP(=O)(O)OC[C@@H](COC(=O)CCCCCCCCCC(C)C)OC(=O)CCCCCCCCCCCCCCCCC(C)C)OC(=O)CCCCCCCCCCCCCCC(C)C. The third-order valence-electron chi connectivity index (χ3n) is 19.1. The van der Waals surface area contributed by atoms with Crippen LogP contribution in [0.4, 0.5) is 0 Å². The molecule has 0 bridgehead atoms. The Kier molecular flexibility index (Phi) is 69.6. The molecule has 0 aromatic heterocycles. The average Bonchev–Trinajstić information content (AvgIpc) is 0.937. The molecular weight excluding hydrogens is 1320 g/mol. The minimum atomic E-state index is -4.96. The molecule has 0 amide bonds. The predicted molar refractivity (Wildman–Crippen MR) is 414 cm³/mol. The van der Waals surface area contributed by atoms with Crippen LogP contribution in [0.5, 0.6) is 0 Å². The topological polar surface area (TPSA) is 237 Å². The molecule has 0 aliphatic rings. The van der Waals surface area contributed by atoms with Gasteiger partial charge in [0, 0.05) is 25.7 Å². The highest BCUT2D eigenvalue weighted by molar-refractivity contribution is 7.47. The van der Waals surface area contributed by atoms with Crippen LogP contribution in [-0.2, 0) is 65.4 Å². The zero-order valence-electron chi connectivity index (χ0n) is 66.5. The molecule has 0 aliphatic heterocycles. The second-order valence-electron chi connectivity index (χ2n) is 31.4.